The number of nitrogens with one attached hydrogen (secondary N) is 1. The second-order valence-electron chi connectivity index (χ2n) is 7.29. The average molecular weight is 450 g/mol. The Balaban J connectivity index is 1.36. The van der Waals surface area contributed by atoms with Crippen molar-refractivity contribution in [2.45, 2.75) is 20.1 Å². The van der Waals surface area contributed by atoms with E-state index in [1.54, 1.807) is 42.1 Å². The standard InChI is InChI=1S/C23H19FN4O5/c1-15-5-7-21(20(9-15)28(30)31)32-14-19-6-8-22(33-19)23(29)26-18-11-25-27(13-18)12-16-3-2-4-17(24)10-16/h2-11,13H,12,14H2,1H3,(H,26,29). The molecular weight excluding hydrogens is 431 g/mol. The fraction of sp³-hybridized carbons (Fsp3) is 0.130. The monoisotopic (exact) mass is 450 g/mol. The number of hydrogen-bond acceptors (Lipinski definition) is 6. The van der Waals surface area contributed by atoms with Gasteiger partial charge in [-0.25, -0.2) is 4.39 Å². The highest BCUT2D eigenvalue weighted by Gasteiger charge is 2.17. The molecule has 9 nitrogen and oxygen atoms in total. The third-order valence-corrected chi connectivity index (χ3v) is 4.69. The minimum Gasteiger partial charge on any atom is -0.479 e. The average Bonchev–Trinajstić information content (AvgIpc) is 3.42. The van der Waals surface area contributed by atoms with Crippen LogP contribution in [-0.4, -0.2) is 20.6 Å². The third-order valence-electron chi connectivity index (χ3n) is 4.69. The maximum atomic E-state index is 13.3. The van der Waals surface area contributed by atoms with E-state index in [0.717, 1.165) is 11.1 Å². The van der Waals surface area contributed by atoms with Crippen molar-refractivity contribution in [3.63, 3.8) is 0 Å². The molecule has 0 aliphatic carbocycles. The van der Waals surface area contributed by atoms with Crippen LogP contribution in [0.1, 0.15) is 27.4 Å². The molecule has 0 aliphatic rings. The number of halogens is 1. The van der Waals surface area contributed by atoms with E-state index in [-0.39, 0.29) is 29.6 Å². The SMILES string of the molecule is Cc1ccc(OCc2ccc(C(=O)Nc3cnn(Cc4cccc(F)c4)c3)o2)c([N+](=O)[O-])c1. The number of nitro groups is 1. The molecule has 4 rings (SSSR count). The quantitative estimate of drug-likeness (QED) is 0.307. The molecule has 2 aromatic carbocycles. The zero-order valence-corrected chi connectivity index (χ0v) is 17.5. The number of aryl methyl sites for hydroxylation is 1. The number of amides is 1. The summed E-state index contributed by atoms with van der Waals surface area (Å²) in [5, 5.41) is 18.0. The fourth-order valence-electron chi connectivity index (χ4n) is 3.15. The van der Waals surface area contributed by atoms with Gasteiger partial charge in [-0.05, 0) is 48.4 Å². The number of hydrogen-bond donors (Lipinski definition) is 1. The van der Waals surface area contributed by atoms with Crippen LogP contribution in [0.5, 0.6) is 5.75 Å². The first-order valence-corrected chi connectivity index (χ1v) is 9.92. The van der Waals surface area contributed by atoms with Gasteiger partial charge in [-0.1, -0.05) is 18.2 Å². The minimum absolute atomic E-state index is 0.0462. The summed E-state index contributed by atoms with van der Waals surface area (Å²) in [6.07, 6.45) is 3.09. The predicted molar refractivity (Wildman–Crippen MR) is 117 cm³/mol. The molecule has 0 fully saturated rings. The lowest BCUT2D eigenvalue weighted by Crippen LogP contribution is -2.10. The summed E-state index contributed by atoms with van der Waals surface area (Å²) in [5.74, 6) is -0.337. The molecule has 0 atom stereocenters. The van der Waals surface area contributed by atoms with E-state index >= 15 is 0 Å². The summed E-state index contributed by atoms with van der Waals surface area (Å²) in [6.45, 7) is 2.02. The highest BCUT2D eigenvalue weighted by atomic mass is 19.1. The lowest BCUT2D eigenvalue weighted by atomic mass is 10.2. The van der Waals surface area contributed by atoms with Gasteiger partial charge in [0, 0.05) is 12.3 Å². The zero-order valence-electron chi connectivity index (χ0n) is 17.5. The van der Waals surface area contributed by atoms with Crippen molar-refractivity contribution in [1.82, 2.24) is 9.78 Å². The molecule has 0 radical (unpaired) electrons. The Kier molecular flexibility index (Phi) is 6.16. The van der Waals surface area contributed by atoms with Crippen LogP contribution in [0.25, 0.3) is 0 Å². The van der Waals surface area contributed by atoms with Gasteiger partial charge in [0.2, 0.25) is 0 Å². The Morgan fingerprint density at radius 1 is 1.24 bits per heavy atom. The Hall–Kier alpha value is -4.47. The van der Waals surface area contributed by atoms with Crippen molar-refractivity contribution >= 4 is 17.3 Å². The highest BCUT2D eigenvalue weighted by Crippen LogP contribution is 2.28. The smallest absolute Gasteiger partial charge is 0.311 e. The van der Waals surface area contributed by atoms with Crippen molar-refractivity contribution in [3.05, 3.63) is 106 Å². The van der Waals surface area contributed by atoms with Crippen molar-refractivity contribution in [2.24, 2.45) is 0 Å². The number of anilines is 1. The number of nitrogens with zero attached hydrogens (tertiary/aromatic N) is 3. The molecule has 1 N–H and O–H groups in total. The van der Waals surface area contributed by atoms with Crippen LogP contribution in [0.2, 0.25) is 0 Å². The molecular formula is C23H19FN4O5. The number of carbonyl (C=O) groups is 1. The number of benzene rings is 2. The predicted octanol–water partition coefficient (Wildman–Crippen LogP) is 4.71. The Labute approximate surface area is 187 Å². The lowest BCUT2D eigenvalue weighted by Gasteiger charge is -2.06. The second kappa shape index (κ2) is 9.35. The number of furan rings is 1. The third kappa shape index (κ3) is 5.42. The topological polar surface area (TPSA) is 112 Å². The van der Waals surface area contributed by atoms with Crippen LogP contribution in [0.15, 0.2) is 71.4 Å². The summed E-state index contributed by atoms with van der Waals surface area (Å²) in [4.78, 5) is 23.2. The Morgan fingerprint density at radius 3 is 2.88 bits per heavy atom. The van der Waals surface area contributed by atoms with E-state index < -0.39 is 10.8 Å². The molecule has 33 heavy (non-hydrogen) atoms. The zero-order chi connectivity index (χ0) is 23.4. The van der Waals surface area contributed by atoms with Gasteiger partial charge < -0.3 is 14.5 Å². The van der Waals surface area contributed by atoms with Gasteiger partial charge in [-0.3, -0.25) is 19.6 Å². The van der Waals surface area contributed by atoms with Gasteiger partial charge in [-0.2, -0.15) is 5.10 Å². The maximum absolute atomic E-state index is 13.3. The molecule has 0 saturated heterocycles. The molecule has 0 aliphatic heterocycles. The van der Waals surface area contributed by atoms with E-state index in [1.165, 1.54) is 36.5 Å². The van der Waals surface area contributed by atoms with E-state index in [9.17, 15) is 19.3 Å². The molecule has 0 bridgehead atoms. The van der Waals surface area contributed by atoms with Gasteiger partial charge in [0.05, 0.1) is 23.4 Å². The van der Waals surface area contributed by atoms with Gasteiger partial charge in [-0.15, -0.1) is 0 Å². The van der Waals surface area contributed by atoms with Crippen molar-refractivity contribution in [2.75, 3.05) is 5.32 Å². The van der Waals surface area contributed by atoms with Crippen molar-refractivity contribution in [1.29, 1.82) is 0 Å². The highest BCUT2D eigenvalue weighted by molar-refractivity contribution is 6.02. The largest absolute Gasteiger partial charge is 0.479 e. The first-order valence-electron chi connectivity index (χ1n) is 9.92. The molecule has 2 aromatic heterocycles. The summed E-state index contributed by atoms with van der Waals surface area (Å²) in [7, 11) is 0. The summed E-state index contributed by atoms with van der Waals surface area (Å²) in [5.41, 5.74) is 1.78. The number of aromatic nitrogens is 2. The second-order valence-corrected chi connectivity index (χ2v) is 7.29. The lowest BCUT2D eigenvalue weighted by molar-refractivity contribution is -0.386. The molecule has 1 amide bonds. The van der Waals surface area contributed by atoms with E-state index in [4.69, 9.17) is 9.15 Å². The number of ether oxygens (including phenoxy) is 1. The maximum Gasteiger partial charge on any atom is 0.311 e. The van der Waals surface area contributed by atoms with E-state index in [1.807, 2.05) is 0 Å². The molecule has 2 heterocycles. The summed E-state index contributed by atoms with van der Waals surface area (Å²) < 4.78 is 25.9. The molecule has 168 valence electrons. The molecule has 4 aromatic rings. The summed E-state index contributed by atoms with van der Waals surface area (Å²) in [6, 6.07) is 13.9. The number of rotatable bonds is 8. The fourth-order valence-corrected chi connectivity index (χ4v) is 3.15. The first kappa shape index (κ1) is 21.8. The summed E-state index contributed by atoms with van der Waals surface area (Å²) >= 11 is 0. The van der Waals surface area contributed by atoms with Gasteiger partial charge in [0.25, 0.3) is 5.91 Å². The van der Waals surface area contributed by atoms with Crippen LogP contribution in [0.4, 0.5) is 15.8 Å². The molecule has 10 heteroatoms. The van der Waals surface area contributed by atoms with Gasteiger partial charge in [0.15, 0.2) is 11.5 Å². The Morgan fingerprint density at radius 2 is 2.09 bits per heavy atom. The van der Waals surface area contributed by atoms with Gasteiger partial charge in [0.1, 0.15) is 18.2 Å². The molecule has 0 spiro atoms. The van der Waals surface area contributed by atoms with E-state index in [2.05, 4.69) is 10.4 Å². The molecule has 0 unspecified atom stereocenters. The van der Waals surface area contributed by atoms with E-state index in [0.29, 0.717) is 18.0 Å². The number of carbonyl (C=O) groups excluding carboxylic acids is 1. The van der Waals surface area contributed by atoms with Gasteiger partial charge >= 0.3 is 5.69 Å². The molecule has 0 saturated carbocycles. The van der Waals surface area contributed by atoms with Crippen molar-refractivity contribution in [3.8, 4) is 5.75 Å². The normalized spacial score (nSPS) is 10.7. The minimum atomic E-state index is -0.516. The van der Waals surface area contributed by atoms with Crippen LogP contribution < -0.4 is 10.1 Å². The van der Waals surface area contributed by atoms with Crippen LogP contribution in [-0.2, 0) is 13.2 Å². The number of nitro benzene ring substituents is 1. The van der Waals surface area contributed by atoms with Crippen LogP contribution in [0, 0.1) is 22.9 Å². The Bertz CT molecular complexity index is 1310. The first-order chi connectivity index (χ1) is 15.9. The van der Waals surface area contributed by atoms with Crippen LogP contribution >= 0.6 is 0 Å². The van der Waals surface area contributed by atoms with Crippen molar-refractivity contribution < 1.29 is 23.3 Å². The van der Waals surface area contributed by atoms with Crippen LogP contribution in [0.3, 0.4) is 0 Å².